The van der Waals surface area contributed by atoms with Gasteiger partial charge in [-0.05, 0) is 56.6 Å². The van der Waals surface area contributed by atoms with Gasteiger partial charge in [0.2, 0.25) is 0 Å². The van der Waals surface area contributed by atoms with Crippen molar-refractivity contribution in [3.8, 4) is 0 Å². The van der Waals surface area contributed by atoms with Crippen LogP contribution in [-0.2, 0) is 4.57 Å². The molecule has 0 aliphatic heterocycles. The van der Waals surface area contributed by atoms with E-state index in [1.54, 1.807) is 0 Å². The topological polar surface area (TPSA) is 57.5 Å². The van der Waals surface area contributed by atoms with E-state index in [-0.39, 0.29) is 0 Å². The van der Waals surface area contributed by atoms with Crippen LogP contribution in [0.4, 0.5) is 0 Å². The highest BCUT2D eigenvalue weighted by Crippen LogP contribution is 2.27. The summed E-state index contributed by atoms with van der Waals surface area (Å²) in [6, 6.07) is 26.2. The van der Waals surface area contributed by atoms with Crippen molar-refractivity contribution in [3.63, 3.8) is 0 Å². The van der Waals surface area contributed by atoms with Gasteiger partial charge in [0, 0.05) is 0 Å². The van der Waals surface area contributed by atoms with Crippen LogP contribution in [0, 0.1) is 0 Å². The molecule has 3 nitrogen and oxygen atoms in total. The summed E-state index contributed by atoms with van der Waals surface area (Å²) in [5.41, 5.74) is 0. The zero-order valence-corrected chi connectivity index (χ0v) is 12.7. The molecule has 2 N–H and O–H groups in total. The van der Waals surface area contributed by atoms with Gasteiger partial charge >= 0.3 is 8.25 Å². The lowest BCUT2D eigenvalue weighted by atomic mass is 10.00. The Bertz CT molecular complexity index is 831. The summed E-state index contributed by atoms with van der Waals surface area (Å²) in [4.78, 5) is 14.3. The number of benzene rings is 4. The second-order valence-corrected chi connectivity index (χ2v) is 5.59. The molecule has 110 valence electrons. The first-order valence-corrected chi connectivity index (χ1v) is 8.17. The minimum absolute atomic E-state index is 1.31. The van der Waals surface area contributed by atoms with Crippen LogP contribution in [0.1, 0.15) is 0 Å². The van der Waals surface area contributed by atoms with Crippen LogP contribution in [0.15, 0.2) is 72.8 Å². The lowest BCUT2D eigenvalue weighted by molar-refractivity contribution is 0.405. The molecule has 0 saturated carbocycles. The van der Waals surface area contributed by atoms with Gasteiger partial charge in [-0.1, -0.05) is 48.5 Å². The molecule has 22 heavy (non-hydrogen) atoms. The van der Waals surface area contributed by atoms with Crippen molar-refractivity contribution in [2.75, 3.05) is 0 Å². The molecular weight excluding hydrogens is 295 g/mol. The number of fused-ring (bicyclic) bond motifs is 3. The first-order chi connectivity index (χ1) is 10.6. The van der Waals surface area contributed by atoms with Gasteiger partial charge in [0.15, 0.2) is 0 Å². The fraction of sp³-hybridized carbons (Fsp3) is 0. The predicted octanol–water partition coefficient (Wildman–Crippen LogP) is 4.51. The monoisotopic (exact) mass is 310 g/mol. The van der Waals surface area contributed by atoms with Crippen molar-refractivity contribution >= 4 is 40.6 Å². The zero-order chi connectivity index (χ0) is 15.5. The molecule has 0 aliphatic rings. The van der Waals surface area contributed by atoms with E-state index in [0.717, 1.165) is 0 Å². The SMILES string of the molecule is O=[PH](O)O.c1ccc2cc3cc4ccccc4cc3cc2c1. The summed E-state index contributed by atoms with van der Waals surface area (Å²) in [7, 11) is -3.13. The van der Waals surface area contributed by atoms with Crippen LogP contribution in [0.25, 0.3) is 32.3 Å². The fourth-order valence-electron chi connectivity index (χ4n) is 2.63. The van der Waals surface area contributed by atoms with Crippen molar-refractivity contribution < 1.29 is 14.4 Å². The zero-order valence-electron chi connectivity index (χ0n) is 11.7. The third-order valence-electron chi connectivity index (χ3n) is 3.57. The summed E-state index contributed by atoms with van der Waals surface area (Å²) in [6.07, 6.45) is 0. The van der Waals surface area contributed by atoms with E-state index in [0.29, 0.717) is 0 Å². The maximum absolute atomic E-state index is 8.74. The third kappa shape index (κ3) is 3.18. The van der Waals surface area contributed by atoms with Gasteiger partial charge in [-0.2, -0.15) is 0 Å². The Kier molecular flexibility index (Phi) is 4.21. The highest BCUT2D eigenvalue weighted by Gasteiger charge is 2.00. The molecular formula is C18H15O3P. The standard InChI is InChI=1S/C18H12.H3O3P/c1-2-6-14-10-18-12-16-8-4-3-7-15(16)11-17(18)9-13(14)5-1;1-4(2)3/h1-12H;4H,(H2,1,2,3). The summed E-state index contributed by atoms with van der Waals surface area (Å²) in [6.45, 7) is 0. The van der Waals surface area contributed by atoms with Gasteiger partial charge in [0.25, 0.3) is 0 Å². The molecule has 0 radical (unpaired) electrons. The second kappa shape index (κ2) is 6.29. The molecule has 0 aromatic heterocycles. The molecule has 4 aromatic carbocycles. The Morgan fingerprint density at radius 1 is 0.545 bits per heavy atom. The van der Waals surface area contributed by atoms with Crippen LogP contribution in [0.2, 0.25) is 0 Å². The Balaban J connectivity index is 0.000000325. The van der Waals surface area contributed by atoms with Crippen LogP contribution < -0.4 is 0 Å². The molecule has 0 bridgehead atoms. The molecule has 0 aliphatic carbocycles. The minimum atomic E-state index is -3.13. The molecule has 4 aromatic rings. The number of hydrogen-bond donors (Lipinski definition) is 2. The van der Waals surface area contributed by atoms with Crippen molar-refractivity contribution in [2.24, 2.45) is 0 Å². The maximum Gasteiger partial charge on any atom is 0.314 e. The molecule has 0 fully saturated rings. The van der Waals surface area contributed by atoms with E-state index in [1.807, 2.05) is 0 Å². The van der Waals surface area contributed by atoms with E-state index in [4.69, 9.17) is 14.4 Å². The smallest absolute Gasteiger partial charge is 0.314 e. The largest absolute Gasteiger partial charge is 0.326 e. The Morgan fingerprint density at radius 3 is 1.00 bits per heavy atom. The first kappa shape index (κ1) is 14.7. The van der Waals surface area contributed by atoms with Crippen LogP contribution >= 0.6 is 8.25 Å². The summed E-state index contributed by atoms with van der Waals surface area (Å²) in [5, 5.41) is 7.85. The summed E-state index contributed by atoms with van der Waals surface area (Å²) >= 11 is 0. The minimum Gasteiger partial charge on any atom is -0.326 e. The first-order valence-electron chi connectivity index (χ1n) is 6.87. The predicted molar refractivity (Wildman–Crippen MR) is 92.4 cm³/mol. The molecule has 0 saturated heterocycles. The molecule has 4 heteroatoms. The van der Waals surface area contributed by atoms with Crippen molar-refractivity contribution in [1.82, 2.24) is 0 Å². The van der Waals surface area contributed by atoms with Gasteiger partial charge in [-0.15, -0.1) is 0 Å². The molecule has 0 atom stereocenters. The van der Waals surface area contributed by atoms with E-state index < -0.39 is 8.25 Å². The fourth-order valence-corrected chi connectivity index (χ4v) is 2.63. The lowest BCUT2D eigenvalue weighted by Gasteiger charge is -2.04. The van der Waals surface area contributed by atoms with Gasteiger partial charge in [0.05, 0.1) is 0 Å². The highest BCUT2D eigenvalue weighted by molar-refractivity contribution is 7.30. The van der Waals surface area contributed by atoms with Gasteiger partial charge in [0.1, 0.15) is 0 Å². The summed E-state index contributed by atoms with van der Waals surface area (Å²) < 4.78 is 8.74. The second-order valence-electron chi connectivity index (χ2n) is 5.03. The van der Waals surface area contributed by atoms with Gasteiger partial charge in [-0.25, -0.2) is 0 Å². The van der Waals surface area contributed by atoms with Crippen LogP contribution in [-0.4, -0.2) is 9.79 Å². The maximum atomic E-state index is 8.74. The Labute approximate surface area is 128 Å². The summed E-state index contributed by atoms with van der Waals surface area (Å²) in [5.74, 6) is 0. The number of rotatable bonds is 0. The van der Waals surface area contributed by atoms with Gasteiger partial charge in [-0.3, -0.25) is 4.57 Å². The van der Waals surface area contributed by atoms with E-state index in [1.165, 1.54) is 32.3 Å². The molecule has 0 heterocycles. The van der Waals surface area contributed by atoms with E-state index in [2.05, 4.69) is 72.8 Å². The molecule has 0 amide bonds. The van der Waals surface area contributed by atoms with E-state index in [9.17, 15) is 0 Å². The quantitative estimate of drug-likeness (QED) is 0.371. The average Bonchev–Trinajstić information content (AvgIpc) is 2.50. The molecule has 4 rings (SSSR count). The Morgan fingerprint density at radius 2 is 0.773 bits per heavy atom. The van der Waals surface area contributed by atoms with Crippen LogP contribution in [0.5, 0.6) is 0 Å². The Hall–Kier alpha value is -2.19. The molecule has 0 unspecified atom stereocenters. The number of hydrogen-bond acceptors (Lipinski definition) is 1. The molecule has 0 spiro atoms. The normalized spacial score (nSPS) is 10.9. The van der Waals surface area contributed by atoms with Crippen LogP contribution in [0.3, 0.4) is 0 Å². The lowest BCUT2D eigenvalue weighted by Crippen LogP contribution is -1.78. The van der Waals surface area contributed by atoms with E-state index >= 15 is 0 Å². The van der Waals surface area contributed by atoms with Crippen molar-refractivity contribution in [3.05, 3.63) is 72.8 Å². The van der Waals surface area contributed by atoms with Gasteiger partial charge < -0.3 is 9.79 Å². The third-order valence-corrected chi connectivity index (χ3v) is 3.57. The van der Waals surface area contributed by atoms with Crippen molar-refractivity contribution in [2.45, 2.75) is 0 Å². The average molecular weight is 310 g/mol. The highest BCUT2D eigenvalue weighted by atomic mass is 31.1. The van der Waals surface area contributed by atoms with Crippen molar-refractivity contribution in [1.29, 1.82) is 0 Å².